The third-order valence-electron chi connectivity index (χ3n) is 3.40. The fourth-order valence-electron chi connectivity index (χ4n) is 2.30. The van der Waals surface area contributed by atoms with Crippen molar-refractivity contribution < 1.29 is 9.18 Å². The number of hydrogen-bond acceptors (Lipinski definition) is 1. The van der Waals surface area contributed by atoms with Crippen molar-refractivity contribution in [1.29, 1.82) is 0 Å². The van der Waals surface area contributed by atoms with Crippen LogP contribution in [0.2, 0.25) is 0 Å². The number of carbonyl (C=O) groups excluding carboxylic acids is 1. The van der Waals surface area contributed by atoms with Crippen LogP contribution in [-0.4, -0.2) is 23.5 Å². The van der Waals surface area contributed by atoms with E-state index >= 15 is 0 Å². The summed E-state index contributed by atoms with van der Waals surface area (Å²) >= 11 is 0. The second kappa shape index (κ2) is 6.36. The molecule has 1 aromatic carbocycles. The van der Waals surface area contributed by atoms with Crippen molar-refractivity contribution in [3.05, 3.63) is 41.8 Å². The second-order valence-electron chi connectivity index (χ2n) is 4.88. The summed E-state index contributed by atoms with van der Waals surface area (Å²) < 4.78 is 13.0. The normalized spacial score (nSPS) is 19.7. The lowest BCUT2D eigenvalue weighted by Gasteiger charge is -2.32. The lowest BCUT2D eigenvalue weighted by molar-refractivity contribution is 0.161. The topological polar surface area (TPSA) is 32.3 Å². The Morgan fingerprint density at radius 2 is 2.32 bits per heavy atom. The number of hydrogen-bond donors (Lipinski definition) is 1. The summed E-state index contributed by atoms with van der Waals surface area (Å²) in [5.41, 5.74) is 0.729. The van der Waals surface area contributed by atoms with Crippen molar-refractivity contribution in [2.45, 2.75) is 32.2 Å². The van der Waals surface area contributed by atoms with Crippen molar-refractivity contribution in [3.8, 4) is 0 Å². The van der Waals surface area contributed by atoms with Gasteiger partial charge in [0.05, 0.1) is 0 Å². The maximum atomic E-state index is 13.0. The van der Waals surface area contributed by atoms with Gasteiger partial charge in [0.1, 0.15) is 5.82 Å². The first kappa shape index (κ1) is 13.6. The maximum absolute atomic E-state index is 13.0. The van der Waals surface area contributed by atoms with Crippen LogP contribution in [0.25, 0.3) is 6.08 Å². The number of urea groups is 1. The summed E-state index contributed by atoms with van der Waals surface area (Å²) in [7, 11) is 0. The molecular formula is C15H19FN2O. The summed E-state index contributed by atoms with van der Waals surface area (Å²) in [6, 6.07) is 6.45. The Morgan fingerprint density at radius 3 is 3.05 bits per heavy atom. The van der Waals surface area contributed by atoms with Gasteiger partial charge in [-0.2, -0.15) is 0 Å². The SMILES string of the molecule is CC1CCCCN1C(=O)N/C=C/c1cccc(F)c1. The lowest BCUT2D eigenvalue weighted by Crippen LogP contribution is -2.46. The zero-order valence-corrected chi connectivity index (χ0v) is 11.1. The molecule has 0 aromatic heterocycles. The first-order valence-corrected chi connectivity index (χ1v) is 6.66. The molecular weight excluding hydrogens is 243 g/mol. The molecule has 4 heteroatoms. The standard InChI is InChI=1S/C15H19FN2O/c1-12-5-2-3-10-18(12)15(19)17-9-8-13-6-4-7-14(16)11-13/h4,6-9,11-12H,2-3,5,10H2,1H3,(H,17,19)/b9-8+. The fourth-order valence-corrected chi connectivity index (χ4v) is 2.30. The minimum atomic E-state index is -0.280. The highest BCUT2D eigenvalue weighted by Crippen LogP contribution is 2.16. The first-order chi connectivity index (χ1) is 9.16. The van der Waals surface area contributed by atoms with Crippen molar-refractivity contribution in [1.82, 2.24) is 10.2 Å². The third kappa shape index (κ3) is 3.81. The van der Waals surface area contributed by atoms with E-state index in [0.717, 1.165) is 24.9 Å². The highest BCUT2D eigenvalue weighted by atomic mass is 19.1. The zero-order valence-electron chi connectivity index (χ0n) is 11.1. The van der Waals surface area contributed by atoms with Gasteiger partial charge in [0.25, 0.3) is 0 Å². The smallest absolute Gasteiger partial charge is 0.321 e. The number of benzene rings is 1. The van der Waals surface area contributed by atoms with E-state index in [1.54, 1.807) is 24.4 Å². The third-order valence-corrected chi connectivity index (χ3v) is 3.40. The molecule has 1 fully saturated rings. The van der Waals surface area contributed by atoms with Crippen LogP contribution in [0.5, 0.6) is 0 Å². The summed E-state index contributed by atoms with van der Waals surface area (Å²) in [6.45, 7) is 2.87. The van der Waals surface area contributed by atoms with E-state index < -0.39 is 0 Å². The number of likely N-dealkylation sites (tertiary alicyclic amines) is 1. The minimum absolute atomic E-state index is 0.0835. The van der Waals surface area contributed by atoms with Gasteiger partial charge in [-0.25, -0.2) is 9.18 Å². The molecule has 3 nitrogen and oxygen atoms in total. The zero-order chi connectivity index (χ0) is 13.7. The molecule has 1 saturated heterocycles. The molecule has 2 amide bonds. The number of rotatable bonds is 2. The molecule has 1 heterocycles. The molecule has 0 radical (unpaired) electrons. The van der Waals surface area contributed by atoms with Crippen LogP contribution in [0, 0.1) is 5.82 Å². The summed E-state index contributed by atoms with van der Waals surface area (Å²) in [4.78, 5) is 13.8. The Morgan fingerprint density at radius 1 is 1.47 bits per heavy atom. The number of nitrogens with zero attached hydrogens (tertiary/aromatic N) is 1. The Kier molecular flexibility index (Phi) is 4.55. The van der Waals surface area contributed by atoms with Crippen LogP contribution in [0.3, 0.4) is 0 Å². The molecule has 1 aliphatic rings. The molecule has 0 saturated carbocycles. The van der Waals surface area contributed by atoms with Gasteiger partial charge >= 0.3 is 6.03 Å². The molecule has 102 valence electrons. The number of halogens is 1. The molecule has 0 bridgehead atoms. The largest absolute Gasteiger partial charge is 0.322 e. The Bertz CT molecular complexity index is 473. The number of nitrogens with one attached hydrogen (secondary N) is 1. The molecule has 0 spiro atoms. The van der Waals surface area contributed by atoms with Crippen LogP contribution >= 0.6 is 0 Å². The molecule has 2 rings (SSSR count). The van der Waals surface area contributed by atoms with Gasteiger partial charge < -0.3 is 10.2 Å². The van der Waals surface area contributed by atoms with Gasteiger partial charge in [-0.1, -0.05) is 12.1 Å². The number of carbonyl (C=O) groups is 1. The van der Waals surface area contributed by atoms with Gasteiger partial charge in [-0.05, 0) is 50.0 Å². The molecule has 1 N–H and O–H groups in total. The van der Waals surface area contributed by atoms with Gasteiger partial charge in [0.15, 0.2) is 0 Å². The van der Waals surface area contributed by atoms with E-state index in [-0.39, 0.29) is 17.9 Å². The van der Waals surface area contributed by atoms with E-state index in [9.17, 15) is 9.18 Å². The summed E-state index contributed by atoms with van der Waals surface area (Å²) in [5, 5.41) is 2.73. The number of piperidine rings is 1. The van der Waals surface area contributed by atoms with Crippen molar-refractivity contribution in [2.24, 2.45) is 0 Å². The Hall–Kier alpha value is -1.84. The molecule has 1 atom stereocenters. The Balaban J connectivity index is 1.89. The molecule has 1 aromatic rings. The predicted octanol–water partition coefficient (Wildman–Crippen LogP) is 3.38. The van der Waals surface area contributed by atoms with Crippen molar-refractivity contribution in [2.75, 3.05) is 6.54 Å². The highest BCUT2D eigenvalue weighted by molar-refractivity contribution is 5.76. The van der Waals surface area contributed by atoms with Gasteiger partial charge in [-0.15, -0.1) is 0 Å². The fraction of sp³-hybridized carbons (Fsp3) is 0.400. The van der Waals surface area contributed by atoms with Gasteiger partial charge in [0.2, 0.25) is 0 Å². The van der Waals surface area contributed by atoms with Crippen LogP contribution in [0.15, 0.2) is 30.5 Å². The summed E-state index contributed by atoms with van der Waals surface area (Å²) in [5.74, 6) is -0.280. The van der Waals surface area contributed by atoms with Gasteiger partial charge in [-0.3, -0.25) is 0 Å². The van der Waals surface area contributed by atoms with Crippen LogP contribution in [0.1, 0.15) is 31.7 Å². The van der Waals surface area contributed by atoms with Crippen LogP contribution in [-0.2, 0) is 0 Å². The second-order valence-corrected chi connectivity index (χ2v) is 4.88. The maximum Gasteiger partial charge on any atom is 0.321 e. The van der Waals surface area contributed by atoms with E-state index in [1.165, 1.54) is 18.6 Å². The van der Waals surface area contributed by atoms with Gasteiger partial charge in [0, 0.05) is 18.8 Å². The van der Waals surface area contributed by atoms with Crippen LogP contribution < -0.4 is 5.32 Å². The van der Waals surface area contributed by atoms with Crippen molar-refractivity contribution >= 4 is 12.1 Å². The monoisotopic (exact) mass is 262 g/mol. The first-order valence-electron chi connectivity index (χ1n) is 6.66. The van der Waals surface area contributed by atoms with E-state index in [2.05, 4.69) is 12.2 Å². The van der Waals surface area contributed by atoms with E-state index in [4.69, 9.17) is 0 Å². The quantitative estimate of drug-likeness (QED) is 0.870. The highest BCUT2D eigenvalue weighted by Gasteiger charge is 2.22. The number of amides is 2. The Labute approximate surface area is 113 Å². The van der Waals surface area contributed by atoms with E-state index in [1.807, 2.05) is 4.90 Å². The molecule has 1 aliphatic heterocycles. The molecule has 19 heavy (non-hydrogen) atoms. The lowest BCUT2D eigenvalue weighted by atomic mass is 10.0. The molecule has 0 aliphatic carbocycles. The molecule has 1 unspecified atom stereocenters. The average molecular weight is 262 g/mol. The predicted molar refractivity (Wildman–Crippen MR) is 74.0 cm³/mol. The minimum Gasteiger partial charge on any atom is -0.322 e. The van der Waals surface area contributed by atoms with Crippen molar-refractivity contribution in [3.63, 3.8) is 0 Å². The summed E-state index contributed by atoms with van der Waals surface area (Å²) in [6.07, 6.45) is 6.56. The van der Waals surface area contributed by atoms with E-state index in [0.29, 0.717) is 0 Å². The van der Waals surface area contributed by atoms with Crippen LogP contribution in [0.4, 0.5) is 9.18 Å². The average Bonchev–Trinajstić information content (AvgIpc) is 2.39.